The lowest BCUT2D eigenvalue weighted by Crippen LogP contribution is -2.34. The molecule has 1 aromatic carbocycles. The zero-order valence-electron chi connectivity index (χ0n) is 10.2. The monoisotopic (exact) mass is 321 g/mol. The van der Waals surface area contributed by atoms with Gasteiger partial charge in [-0.05, 0) is 23.4 Å². The van der Waals surface area contributed by atoms with Gasteiger partial charge in [-0.3, -0.25) is 0 Å². The highest BCUT2D eigenvalue weighted by molar-refractivity contribution is 6.31. The van der Waals surface area contributed by atoms with Crippen molar-refractivity contribution in [2.45, 2.75) is 6.04 Å². The van der Waals surface area contributed by atoms with Gasteiger partial charge in [0.25, 0.3) is 5.88 Å². The maximum absolute atomic E-state index is 10.4. The van der Waals surface area contributed by atoms with Crippen molar-refractivity contribution in [3.05, 3.63) is 23.2 Å². The molecule has 0 fully saturated rings. The minimum absolute atomic E-state index is 0. The van der Waals surface area contributed by atoms with Crippen LogP contribution in [0.1, 0.15) is 0 Å². The van der Waals surface area contributed by atoms with Gasteiger partial charge in [0, 0.05) is 5.02 Å². The van der Waals surface area contributed by atoms with Crippen LogP contribution in [0.25, 0.3) is 11.0 Å². The number of nitrogens with zero attached hydrogens (tertiary/aromatic N) is 1. The van der Waals surface area contributed by atoms with Gasteiger partial charge in [-0.15, -0.1) is 12.4 Å². The van der Waals surface area contributed by atoms with Crippen LogP contribution in [0.15, 0.2) is 22.7 Å². The number of hydrogen-bond acceptors (Lipinski definition) is 6. The molecular formula is C11H13Cl2N3O4. The van der Waals surface area contributed by atoms with Gasteiger partial charge in [-0.1, -0.05) is 11.6 Å². The van der Waals surface area contributed by atoms with Crippen molar-refractivity contribution in [3.63, 3.8) is 0 Å². The number of amides is 1. The van der Waals surface area contributed by atoms with E-state index < -0.39 is 12.1 Å². The number of fused-ring (bicyclic) bond motifs is 1. The van der Waals surface area contributed by atoms with E-state index in [1.54, 1.807) is 18.2 Å². The summed E-state index contributed by atoms with van der Waals surface area (Å²) in [5.41, 5.74) is 11.1. The van der Waals surface area contributed by atoms with Crippen molar-refractivity contribution in [2.75, 3.05) is 13.2 Å². The molecule has 9 heteroatoms. The van der Waals surface area contributed by atoms with Crippen LogP contribution >= 0.6 is 24.0 Å². The Morgan fingerprint density at radius 1 is 1.45 bits per heavy atom. The average Bonchev–Trinajstić information content (AvgIpc) is 2.76. The molecule has 0 bridgehead atoms. The van der Waals surface area contributed by atoms with Crippen LogP contribution < -0.4 is 16.2 Å². The molecule has 0 saturated carbocycles. The molecule has 2 rings (SSSR count). The highest BCUT2D eigenvalue weighted by Gasteiger charge is 2.12. The summed E-state index contributed by atoms with van der Waals surface area (Å²) in [6, 6.07) is 4.53. The normalized spacial score (nSPS) is 11.7. The fraction of sp³-hybridized carbons (Fsp3) is 0.273. The fourth-order valence-electron chi connectivity index (χ4n) is 1.42. The largest absolute Gasteiger partial charge is 0.473 e. The molecule has 0 aliphatic rings. The first kappa shape index (κ1) is 16.4. The van der Waals surface area contributed by atoms with Gasteiger partial charge in [0.2, 0.25) is 0 Å². The molecule has 1 unspecified atom stereocenters. The summed E-state index contributed by atoms with van der Waals surface area (Å²) in [6.07, 6.45) is -0.880. The zero-order chi connectivity index (χ0) is 13.8. The Labute approximate surface area is 125 Å². The lowest BCUT2D eigenvalue weighted by molar-refractivity contribution is 0.136. The molecule has 2 aromatic rings. The zero-order valence-corrected chi connectivity index (χ0v) is 11.8. The first-order chi connectivity index (χ1) is 9.06. The predicted octanol–water partition coefficient (Wildman–Crippen LogP) is 1.70. The van der Waals surface area contributed by atoms with Crippen LogP contribution in [0.4, 0.5) is 4.79 Å². The number of primary amides is 1. The lowest BCUT2D eigenvalue weighted by atomic mass is 10.2. The van der Waals surface area contributed by atoms with E-state index in [0.29, 0.717) is 16.0 Å². The second-order valence-corrected chi connectivity index (χ2v) is 4.27. The molecular weight excluding hydrogens is 309 g/mol. The summed E-state index contributed by atoms with van der Waals surface area (Å²) >= 11 is 5.87. The van der Waals surface area contributed by atoms with Crippen molar-refractivity contribution in [1.82, 2.24) is 5.16 Å². The van der Waals surface area contributed by atoms with E-state index in [1.165, 1.54) is 0 Å². The number of halogens is 2. The third-order valence-electron chi connectivity index (χ3n) is 2.27. The molecule has 0 aliphatic heterocycles. The molecule has 1 aromatic heterocycles. The van der Waals surface area contributed by atoms with E-state index in [2.05, 4.69) is 9.89 Å². The quantitative estimate of drug-likeness (QED) is 0.866. The van der Waals surface area contributed by atoms with Crippen LogP contribution in [0.5, 0.6) is 5.88 Å². The van der Waals surface area contributed by atoms with E-state index in [4.69, 9.17) is 32.3 Å². The standard InChI is InChI=1S/C11H12ClN3O4.ClH/c12-6-1-2-9-8(3-6)10(15-19-9)17-4-7(13)5-18-11(14)16;/h1-3,7H,4-5,13H2,(H2,14,16);1H. The van der Waals surface area contributed by atoms with Crippen molar-refractivity contribution in [2.24, 2.45) is 11.5 Å². The Hall–Kier alpha value is -1.70. The first-order valence-electron chi connectivity index (χ1n) is 5.42. The second kappa shape index (κ2) is 7.18. The van der Waals surface area contributed by atoms with Crippen LogP contribution in [0.2, 0.25) is 5.02 Å². The summed E-state index contributed by atoms with van der Waals surface area (Å²) < 4.78 is 15.0. The van der Waals surface area contributed by atoms with E-state index >= 15 is 0 Å². The van der Waals surface area contributed by atoms with Crippen LogP contribution in [-0.2, 0) is 4.74 Å². The molecule has 110 valence electrons. The average molecular weight is 322 g/mol. The topological polar surface area (TPSA) is 114 Å². The highest BCUT2D eigenvalue weighted by Crippen LogP contribution is 2.27. The minimum atomic E-state index is -0.880. The Morgan fingerprint density at radius 3 is 2.90 bits per heavy atom. The Bertz CT molecular complexity index is 590. The van der Waals surface area contributed by atoms with Crippen LogP contribution in [0.3, 0.4) is 0 Å². The summed E-state index contributed by atoms with van der Waals surface area (Å²) in [5.74, 6) is 0.284. The number of nitrogens with two attached hydrogens (primary N) is 2. The van der Waals surface area contributed by atoms with Crippen molar-refractivity contribution >= 4 is 41.1 Å². The summed E-state index contributed by atoms with van der Waals surface area (Å²) in [4.78, 5) is 10.4. The molecule has 0 aliphatic carbocycles. The summed E-state index contributed by atoms with van der Waals surface area (Å²) in [6.45, 7) is 0.0628. The molecule has 1 atom stereocenters. The molecule has 7 nitrogen and oxygen atoms in total. The number of benzene rings is 1. The van der Waals surface area contributed by atoms with E-state index in [0.717, 1.165) is 0 Å². The number of hydrogen-bond donors (Lipinski definition) is 2. The molecule has 1 amide bonds. The molecule has 0 spiro atoms. The number of carbonyl (C=O) groups excluding carboxylic acids is 1. The number of rotatable bonds is 5. The number of carbonyl (C=O) groups is 1. The Balaban J connectivity index is 0.00000200. The predicted molar refractivity (Wildman–Crippen MR) is 75.3 cm³/mol. The van der Waals surface area contributed by atoms with Crippen LogP contribution in [0, 0.1) is 0 Å². The summed E-state index contributed by atoms with van der Waals surface area (Å²) in [7, 11) is 0. The highest BCUT2D eigenvalue weighted by atomic mass is 35.5. The Kier molecular flexibility index (Phi) is 5.87. The second-order valence-electron chi connectivity index (χ2n) is 3.83. The maximum atomic E-state index is 10.4. The van der Waals surface area contributed by atoms with E-state index in [1.807, 2.05) is 0 Å². The van der Waals surface area contributed by atoms with Gasteiger partial charge >= 0.3 is 6.09 Å². The lowest BCUT2D eigenvalue weighted by Gasteiger charge is -2.10. The van der Waals surface area contributed by atoms with Gasteiger partial charge in [0.15, 0.2) is 5.58 Å². The van der Waals surface area contributed by atoms with Crippen molar-refractivity contribution < 1.29 is 18.8 Å². The van der Waals surface area contributed by atoms with E-state index in [9.17, 15) is 4.79 Å². The number of ether oxygens (including phenoxy) is 2. The molecule has 4 N–H and O–H groups in total. The van der Waals surface area contributed by atoms with Gasteiger partial charge in [-0.25, -0.2) is 4.79 Å². The minimum Gasteiger partial charge on any atom is -0.473 e. The van der Waals surface area contributed by atoms with E-state index in [-0.39, 0.29) is 31.5 Å². The smallest absolute Gasteiger partial charge is 0.404 e. The van der Waals surface area contributed by atoms with Gasteiger partial charge in [-0.2, -0.15) is 0 Å². The third-order valence-corrected chi connectivity index (χ3v) is 2.51. The third kappa shape index (κ3) is 4.16. The molecule has 20 heavy (non-hydrogen) atoms. The van der Waals surface area contributed by atoms with Crippen molar-refractivity contribution in [3.8, 4) is 5.88 Å². The van der Waals surface area contributed by atoms with Gasteiger partial charge in [0.05, 0.1) is 11.4 Å². The molecule has 1 heterocycles. The van der Waals surface area contributed by atoms with Crippen molar-refractivity contribution in [1.29, 1.82) is 0 Å². The number of aromatic nitrogens is 1. The van der Waals surface area contributed by atoms with Gasteiger partial charge in [0.1, 0.15) is 13.2 Å². The first-order valence-corrected chi connectivity index (χ1v) is 5.79. The molecule has 0 radical (unpaired) electrons. The SMILES string of the molecule is Cl.NC(=O)OCC(N)COc1noc2ccc(Cl)cc12. The van der Waals surface area contributed by atoms with Gasteiger partial charge < -0.3 is 25.5 Å². The fourth-order valence-corrected chi connectivity index (χ4v) is 1.59. The van der Waals surface area contributed by atoms with Crippen LogP contribution in [-0.4, -0.2) is 30.5 Å². The molecule has 0 saturated heterocycles. The Morgan fingerprint density at radius 2 is 2.20 bits per heavy atom. The summed E-state index contributed by atoms with van der Waals surface area (Å²) in [5, 5.41) is 4.95. The maximum Gasteiger partial charge on any atom is 0.404 e.